The minimum absolute atomic E-state index is 0.0997. The molecule has 0 bridgehead atoms. The zero-order chi connectivity index (χ0) is 22.9. The molecule has 3 saturated heterocycles. The number of benzene rings is 1. The van der Waals surface area contributed by atoms with Crippen LogP contribution in [0.15, 0.2) is 24.3 Å². The largest absolute Gasteiger partial charge is 0.497 e. The minimum atomic E-state index is -0.788. The predicted octanol–water partition coefficient (Wildman–Crippen LogP) is 2.34. The van der Waals surface area contributed by atoms with Crippen molar-refractivity contribution < 1.29 is 19.1 Å². The standard InChI is InChI=1S/C24H34N4O4/c1-17(2)15-26-12-9-24(10-13-26)22(30)28(23(31)25-24)19-7-5-11-27(16-19)21(29)18-6-4-8-20(14-18)32-3/h4,6,8,14,17,19H,5,7,9-13,15-16H2,1-3H3,(H,25,31)/t19-/m0/s1. The van der Waals surface area contributed by atoms with Gasteiger partial charge in [0.25, 0.3) is 11.8 Å². The lowest BCUT2D eigenvalue weighted by Gasteiger charge is -2.39. The summed E-state index contributed by atoms with van der Waals surface area (Å²) in [5.74, 6) is 0.985. The number of nitrogens with zero attached hydrogens (tertiary/aromatic N) is 3. The SMILES string of the molecule is COc1cccc(C(=O)N2CCC[C@H](N3C(=O)NC4(CCN(CC(C)C)CC4)C3=O)C2)c1. The van der Waals surface area contributed by atoms with Crippen molar-refractivity contribution in [1.29, 1.82) is 0 Å². The molecule has 3 aliphatic rings. The van der Waals surface area contributed by atoms with Gasteiger partial charge in [0.2, 0.25) is 0 Å². The number of rotatable bonds is 5. The summed E-state index contributed by atoms with van der Waals surface area (Å²) in [7, 11) is 1.57. The number of likely N-dealkylation sites (tertiary alicyclic amines) is 2. The fraction of sp³-hybridized carbons (Fsp3) is 0.625. The van der Waals surface area contributed by atoms with Gasteiger partial charge in [-0.25, -0.2) is 4.79 Å². The highest BCUT2D eigenvalue weighted by atomic mass is 16.5. The fourth-order valence-corrected chi connectivity index (χ4v) is 5.23. The Kier molecular flexibility index (Phi) is 6.42. The number of methoxy groups -OCH3 is 1. The van der Waals surface area contributed by atoms with Gasteiger partial charge in [-0.3, -0.25) is 14.5 Å². The molecular formula is C24H34N4O4. The summed E-state index contributed by atoms with van der Waals surface area (Å²) in [5, 5.41) is 3.02. The monoisotopic (exact) mass is 442 g/mol. The van der Waals surface area contributed by atoms with Crippen LogP contribution in [0.4, 0.5) is 4.79 Å². The van der Waals surface area contributed by atoms with Crippen molar-refractivity contribution in [1.82, 2.24) is 20.0 Å². The fourth-order valence-electron chi connectivity index (χ4n) is 5.23. The number of hydrogen-bond acceptors (Lipinski definition) is 5. The summed E-state index contributed by atoms with van der Waals surface area (Å²) in [4.78, 5) is 45.0. The van der Waals surface area contributed by atoms with Gasteiger partial charge in [0.05, 0.1) is 13.2 Å². The van der Waals surface area contributed by atoms with E-state index in [0.717, 1.165) is 32.5 Å². The van der Waals surface area contributed by atoms with Crippen LogP contribution in [0.3, 0.4) is 0 Å². The van der Waals surface area contributed by atoms with E-state index in [2.05, 4.69) is 24.1 Å². The number of hydrogen-bond donors (Lipinski definition) is 1. The van der Waals surface area contributed by atoms with Crippen molar-refractivity contribution in [3.8, 4) is 5.75 Å². The van der Waals surface area contributed by atoms with Gasteiger partial charge in [0.1, 0.15) is 11.3 Å². The van der Waals surface area contributed by atoms with Crippen LogP contribution in [-0.4, -0.2) is 84.0 Å². The number of amides is 4. The molecule has 1 aromatic carbocycles. The molecule has 0 unspecified atom stereocenters. The summed E-state index contributed by atoms with van der Waals surface area (Å²) in [6.07, 6.45) is 2.75. The molecule has 4 rings (SSSR count). The van der Waals surface area contributed by atoms with E-state index in [0.29, 0.717) is 43.2 Å². The number of carbonyl (C=O) groups excluding carboxylic acids is 3. The maximum atomic E-state index is 13.5. The highest BCUT2D eigenvalue weighted by molar-refractivity contribution is 6.07. The average molecular weight is 443 g/mol. The molecule has 3 heterocycles. The van der Waals surface area contributed by atoms with Crippen LogP contribution in [0.2, 0.25) is 0 Å². The molecule has 8 heteroatoms. The summed E-state index contributed by atoms with van der Waals surface area (Å²) in [6, 6.07) is 6.48. The van der Waals surface area contributed by atoms with Crippen molar-refractivity contribution >= 4 is 17.8 Å². The number of ether oxygens (including phenoxy) is 1. The average Bonchev–Trinajstić information content (AvgIpc) is 3.03. The lowest BCUT2D eigenvalue weighted by Crippen LogP contribution is -2.56. The van der Waals surface area contributed by atoms with E-state index in [1.54, 1.807) is 36.3 Å². The second kappa shape index (κ2) is 9.10. The zero-order valence-corrected chi connectivity index (χ0v) is 19.3. The minimum Gasteiger partial charge on any atom is -0.497 e. The first kappa shape index (κ1) is 22.6. The maximum Gasteiger partial charge on any atom is 0.325 e. The first-order valence-corrected chi connectivity index (χ1v) is 11.6. The van der Waals surface area contributed by atoms with E-state index in [9.17, 15) is 14.4 Å². The van der Waals surface area contributed by atoms with Gasteiger partial charge in [0.15, 0.2) is 0 Å². The Labute approximate surface area is 189 Å². The van der Waals surface area contributed by atoms with Crippen LogP contribution in [0.1, 0.15) is 49.9 Å². The predicted molar refractivity (Wildman–Crippen MR) is 121 cm³/mol. The van der Waals surface area contributed by atoms with Crippen LogP contribution in [0, 0.1) is 5.92 Å². The van der Waals surface area contributed by atoms with Gasteiger partial charge in [0, 0.05) is 38.3 Å². The van der Waals surface area contributed by atoms with E-state index in [-0.39, 0.29) is 23.9 Å². The van der Waals surface area contributed by atoms with E-state index in [4.69, 9.17) is 4.74 Å². The Morgan fingerprint density at radius 3 is 2.66 bits per heavy atom. The van der Waals surface area contributed by atoms with Crippen LogP contribution in [0.25, 0.3) is 0 Å². The third-order valence-corrected chi connectivity index (χ3v) is 6.89. The van der Waals surface area contributed by atoms with Gasteiger partial charge in [-0.15, -0.1) is 0 Å². The highest BCUT2D eigenvalue weighted by Gasteiger charge is 2.54. The van der Waals surface area contributed by atoms with E-state index < -0.39 is 5.54 Å². The second-order valence-corrected chi connectivity index (χ2v) is 9.66. The third-order valence-electron chi connectivity index (χ3n) is 6.89. The van der Waals surface area contributed by atoms with Crippen molar-refractivity contribution in [2.75, 3.05) is 39.8 Å². The number of imide groups is 1. The number of nitrogens with one attached hydrogen (secondary N) is 1. The van der Waals surface area contributed by atoms with Crippen molar-refractivity contribution in [2.24, 2.45) is 5.92 Å². The van der Waals surface area contributed by atoms with E-state index in [1.807, 2.05) is 0 Å². The number of urea groups is 1. The molecule has 0 aliphatic carbocycles. The molecule has 1 aromatic rings. The highest BCUT2D eigenvalue weighted by Crippen LogP contribution is 2.33. The lowest BCUT2D eigenvalue weighted by molar-refractivity contribution is -0.135. The van der Waals surface area contributed by atoms with Crippen molar-refractivity contribution in [3.63, 3.8) is 0 Å². The smallest absolute Gasteiger partial charge is 0.325 e. The molecule has 8 nitrogen and oxygen atoms in total. The number of carbonyl (C=O) groups is 3. The Balaban J connectivity index is 1.44. The maximum absolute atomic E-state index is 13.5. The van der Waals surface area contributed by atoms with E-state index >= 15 is 0 Å². The van der Waals surface area contributed by atoms with E-state index in [1.165, 1.54) is 4.90 Å². The molecule has 1 N–H and O–H groups in total. The first-order chi connectivity index (χ1) is 15.3. The molecule has 0 saturated carbocycles. The molecule has 32 heavy (non-hydrogen) atoms. The Hall–Kier alpha value is -2.61. The van der Waals surface area contributed by atoms with Crippen molar-refractivity contribution in [2.45, 2.75) is 51.1 Å². The Bertz CT molecular complexity index is 879. The quantitative estimate of drug-likeness (QED) is 0.708. The molecule has 4 amide bonds. The van der Waals surface area contributed by atoms with Crippen LogP contribution >= 0.6 is 0 Å². The molecular weight excluding hydrogens is 408 g/mol. The molecule has 3 fully saturated rings. The van der Waals surface area contributed by atoms with Gasteiger partial charge in [-0.2, -0.15) is 0 Å². The topological polar surface area (TPSA) is 82.2 Å². The summed E-state index contributed by atoms with van der Waals surface area (Å²) in [6.45, 7) is 7.99. The molecule has 1 atom stereocenters. The second-order valence-electron chi connectivity index (χ2n) is 9.66. The molecule has 1 spiro atoms. The lowest BCUT2D eigenvalue weighted by atomic mass is 9.86. The molecule has 0 aromatic heterocycles. The first-order valence-electron chi connectivity index (χ1n) is 11.6. The van der Waals surface area contributed by atoms with Crippen molar-refractivity contribution in [3.05, 3.63) is 29.8 Å². The van der Waals surface area contributed by atoms with Crippen LogP contribution in [0.5, 0.6) is 5.75 Å². The summed E-state index contributed by atoms with van der Waals surface area (Å²) in [5.41, 5.74) is -0.236. The molecule has 0 radical (unpaired) electrons. The Morgan fingerprint density at radius 1 is 1.22 bits per heavy atom. The normalized spacial score (nSPS) is 23.7. The van der Waals surface area contributed by atoms with Crippen LogP contribution in [-0.2, 0) is 4.79 Å². The Morgan fingerprint density at radius 2 is 1.97 bits per heavy atom. The van der Waals surface area contributed by atoms with Gasteiger partial charge >= 0.3 is 6.03 Å². The van der Waals surface area contributed by atoms with Crippen LogP contribution < -0.4 is 10.1 Å². The van der Waals surface area contributed by atoms with Gasteiger partial charge < -0.3 is 19.9 Å². The third kappa shape index (κ3) is 4.33. The molecule has 3 aliphatic heterocycles. The summed E-state index contributed by atoms with van der Waals surface area (Å²) < 4.78 is 5.24. The van der Waals surface area contributed by atoms with Gasteiger partial charge in [-0.05, 0) is 49.8 Å². The van der Waals surface area contributed by atoms with Gasteiger partial charge in [-0.1, -0.05) is 19.9 Å². The zero-order valence-electron chi connectivity index (χ0n) is 19.3. The summed E-state index contributed by atoms with van der Waals surface area (Å²) >= 11 is 0. The molecule has 174 valence electrons. The number of piperidine rings is 2.